The van der Waals surface area contributed by atoms with Gasteiger partial charge in [-0.1, -0.05) is 5.57 Å². The first-order chi connectivity index (χ1) is 13.8. The van der Waals surface area contributed by atoms with E-state index in [1.54, 1.807) is 48.5 Å². The number of allylic oxidation sites excluding steroid dienone is 1. The fourth-order valence-corrected chi connectivity index (χ4v) is 3.85. The highest BCUT2D eigenvalue weighted by Crippen LogP contribution is 2.25. The van der Waals surface area contributed by atoms with Gasteiger partial charge in [-0.25, -0.2) is 8.42 Å². The predicted octanol–water partition coefficient (Wildman–Crippen LogP) is 4.59. The quantitative estimate of drug-likeness (QED) is 0.395. The van der Waals surface area contributed by atoms with Crippen LogP contribution in [-0.2, 0) is 9.84 Å². The number of hydrogen-bond acceptors (Lipinski definition) is 5. The maximum absolute atomic E-state index is 12.8. The Morgan fingerprint density at radius 3 is 1.86 bits per heavy atom. The van der Waals surface area contributed by atoms with E-state index in [-0.39, 0.29) is 9.79 Å². The molecule has 0 N–H and O–H groups in total. The van der Waals surface area contributed by atoms with Crippen LogP contribution in [0.25, 0.3) is 0 Å². The molecule has 0 spiro atoms. The number of hydrogen-bond donors (Lipinski definition) is 0. The highest BCUT2D eigenvalue weighted by Gasteiger charge is 2.17. The Bertz CT molecular complexity index is 881. The molecular weight excluding hydrogens is 386 g/mol. The molecule has 158 valence electrons. The predicted molar refractivity (Wildman–Crippen MR) is 117 cm³/mol. The Kier molecular flexibility index (Phi) is 8.73. The molecule has 0 unspecified atom stereocenters. The van der Waals surface area contributed by atoms with E-state index in [0.717, 1.165) is 19.4 Å². The molecule has 0 aliphatic heterocycles. The van der Waals surface area contributed by atoms with Crippen molar-refractivity contribution in [1.29, 1.82) is 0 Å². The second-order valence-electron chi connectivity index (χ2n) is 7.40. The van der Waals surface area contributed by atoms with Crippen LogP contribution in [-0.4, -0.2) is 47.2 Å². The molecule has 29 heavy (non-hydrogen) atoms. The molecule has 5 nitrogen and oxygen atoms in total. The van der Waals surface area contributed by atoms with Gasteiger partial charge in [0.1, 0.15) is 18.1 Å². The van der Waals surface area contributed by atoms with E-state index in [0.29, 0.717) is 24.7 Å². The molecule has 0 aliphatic rings. The first-order valence-electron chi connectivity index (χ1n) is 9.78. The summed E-state index contributed by atoms with van der Waals surface area (Å²) < 4.78 is 36.9. The average Bonchev–Trinajstić information content (AvgIpc) is 2.68. The topological polar surface area (TPSA) is 55.8 Å². The van der Waals surface area contributed by atoms with Gasteiger partial charge in [-0.2, -0.15) is 0 Å². The third-order valence-corrected chi connectivity index (χ3v) is 6.06. The molecule has 0 atom stereocenters. The zero-order valence-electron chi connectivity index (χ0n) is 17.7. The molecule has 6 heteroatoms. The van der Waals surface area contributed by atoms with Crippen LogP contribution in [0.15, 0.2) is 70.0 Å². The van der Waals surface area contributed by atoms with Gasteiger partial charge < -0.3 is 14.4 Å². The average molecular weight is 418 g/mol. The zero-order chi connectivity index (χ0) is 21.3. The molecule has 0 bridgehead atoms. The Morgan fingerprint density at radius 1 is 0.862 bits per heavy atom. The van der Waals surface area contributed by atoms with Crippen molar-refractivity contribution >= 4 is 9.84 Å². The van der Waals surface area contributed by atoms with Crippen LogP contribution in [0.2, 0.25) is 0 Å². The van der Waals surface area contributed by atoms with Crippen LogP contribution in [0.3, 0.4) is 0 Å². The fourth-order valence-electron chi connectivity index (χ4n) is 2.59. The minimum atomic E-state index is -3.57. The third kappa shape index (κ3) is 7.55. The standard InChI is InChI=1S/C23H31NO4S/c1-19(2)15-18-28-21-9-13-23(14-10-21)29(25,26)22-11-7-20(8-12-22)27-17-6-5-16-24(3)4/h7-15H,5-6,16-18H2,1-4H3. The summed E-state index contributed by atoms with van der Waals surface area (Å²) in [4.78, 5) is 2.63. The molecule has 0 aromatic heterocycles. The molecule has 0 saturated heterocycles. The van der Waals surface area contributed by atoms with Gasteiger partial charge >= 0.3 is 0 Å². The van der Waals surface area contributed by atoms with Gasteiger partial charge in [-0.3, -0.25) is 0 Å². The van der Waals surface area contributed by atoms with E-state index in [9.17, 15) is 8.42 Å². The van der Waals surface area contributed by atoms with Crippen LogP contribution in [0, 0.1) is 0 Å². The first kappa shape index (κ1) is 23.0. The number of sulfone groups is 1. The van der Waals surface area contributed by atoms with Crippen molar-refractivity contribution in [3.63, 3.8) is 0 Å². The number of rotatable bonds is 11. The van der Waals surface area contributed by atoms with Crippen LogP contribution < -0.4 is 9.47 Å². The summed E-state index contributed by atoms with van der Waals surface area (Å²) in [6.07, 6.45) is 3.99. The van der Waals surface area contributed by atoms with Gasteiger partial charge in [0.25, 0.3) is 0 Å². The van der Waals surface area contributed by atoms with E-state index in [4.69, 9.17) is 9.47 Å². The van der Waals surface area contributed by atoms with Crippen molar-refractivity contribution in [3.8, 4) is 11.5 Å². The second kappa shape index (κ2) is 11.0. The highest BCUT2D eigenvalue weighted by molar-refractivity contribution is 7.91. The van der Waals surface area contributed by atoms with Crippen molar-refractivity contribution in [1.82, 2.24) is 4.90 Å². The SMILES string of the molecule is CC(C)=CCOc1ccc(S(=O)(=O)c2ccc(OCCCCN(C)C)cc2)cc1. The lowest BCUT2D eigenvalue weighted by molar-refractivity contribution is 0.293. The summed E-state index contributed by atoms with van der Waals surface area (Å²) in [6.45, 7) is 6.11. The van der Waals surface area contributed by atoms with E-state index in [1.165, 1.54) is 5.57 Å². The molecular formula is C23H31NO4S. The van der Waals surface area contributed by atoms with Crippen molar-refractivity contribution in [2.24, 2.45) is 0 Å². The maximum atomic E-state index is 12.8. The summed E-state index contributed by atoms with van der Waals surface area (Å²) in [7, 11) is 0.520. The van der Waals surface area contributed by atoms with Crippen molar-refractivity contribution in [2.75, 3.05) is 33.9 Å². The molecule has 2 aromatic carbocycles. The van der Waals surface area contributed by atoms with Crippen LogP contribution in [0.5, 0.6) is 11.5 Å². The van der Waals surface area contributed by atoms with Gasteiger partial charge in [0.15, 0.2) is 0 Å². The lowest BCUT2D eigenvalue weighted by Gasteiger charge is -2.10. The van der Waals surface area contributed by atoms with Gasteiger partial charge in [0.05, 0.1) is 16.4 Å². The van der Waals surface area contributed by atoms with Crippen molar-refractivity contribution < 1.29 is 17.9 Å². The maximum Gasteiger partial charge on any atom is 0.206 e. The summed E-state index contributed by atoms with van der Waals surface area (Å²) in [5, 5.41) is 0. The van der Waals surface area contributed by atoms with Gasteiger partial charge in [-0.05, 0) is 102 Å². The summed E-state index contributed by atoms with van der Waals surface area (Å²) in [5.74, 6) is 1.32. The van der Waals surface area contributed by atoms with Gasteiger partial charge in [0, 0.05) is 0 Å². The number of nitrogens with zero attached hydrogens (tertiary/aromatic N) is 1. The Hall–Kier alpha value is -2.31. The monoisotopic (exact) mass is 417 g/mol. The normalized spacial score (nSPS) is 11.3. The molecule has 0 fully saturated rings. The summed E-state index contributed by atoms with van der Waals surface area (Å²) in [6, 6.07) is 13.1. The molecule has 2 rings (SSSR count). The minimum Gasteiger partial charge on any atom is -0.494 e. The number of benzene rings is 2. The van der Waals surface area contributed by atoms with Crippen LogP contribution in [0.4, 0.5) is 0 Å². The molecule has 0 amide bonds. The molecule has 0 radical (unpaired) electrons. The fraction of sp³-hybridized carbons (Fsp3) is 0.391. The van der Waals surface area contributed by atoms with Gasteiger partial charge in [0.2, 0.25) is 9.84 Å². The zero-order valence-corrected chi connectivity index (χ0v) is 18.5. The lowest BCUT2D eigenvalue weighted by atomic mass is 10.3. The van der Waals surface area contributed by atoms with Crippen LogP contribution >= 0.6 is 0 Å². The van der Waals surface area contributed by atoms with E-state index >= 15 is 0 Å². The first-order valence-corrected chi connectivity index (χ1v) is 11.3. The van der Waals surface area contributed by atoms with E-state index in [2.05, 4.69) is 4.90 Å². The van der Waals surface area contributed by atoms with E-state index < -0.39 is 9.84 Å². The molecule has 2 aromatic rings. The third-order valence-electron chi connectivity index (χ3n) is 4.28. The Balaban J connectivity index is 1.95. The smallest absolute Gasteiger partial charge is 0.206 e. The Morgan fingerprint density at radius 2 is 1.38 bits per heavy atom. The molecule has 0 aliphatic carbocycles. The lowest BCUT2D eigenvalue weighted by Crippen LogP contribution is -2.13. The number of unbranched alkanes of at least 4 members (excludes halogenated alkanes) is 1. The Labute approximate surface area is 174 Å². The summed E-state index contributed by atoms with van der Waals surface area (Å²) in [5.41, 5.74) is 1.17. The largest absolute Gasteiger partial charge is 0.494 e. The van der Waals surface area contributed by atoms with E-state index in [1.807, 2.05) is 34.0 Å². The minimum absolute atomic E-state index is 0.240. The molecule has 0 heterocycles. The van der Waals surface area contributed by atoms with Gasteiger partial charge in [-0.15, -0.1) is 0 Å². The highest BCUT2D eigenvalue weighted by atomic mass is 32.2. The molecule has 0 saturated carbocycles. The van der Waals surface area contributed by atoms with Crippen molar-refractivity contribution in [3.05, 3.63) is 60.2 Å². The van der Waals surface area contributed by atoms with Crippen molar-refractivity contribution in [2.45, 2.75) is 36.5 Å². The second-order valence-corrected chi connectivity index (χ2v) is 9.35. The summed E-state index contributed by atoms with van der Waals surface area (Å²) >= 11 is 0. The van der Waals surface area contributed by atoms with Crippen LogP contribution in [0.1, 0.15) is 26.7 Å². The number of ether oxygens (including phenoxy) is 2.